The molecule has 1 heterocycles. The van der Waals surface area contributed by atoms with E-state index in [1.807, 2.05) is 0 Å². The minimum absolute atomic E-state index is 0.293. The van der Waals surface area contributed by atoms with Crippen LogP contribution in [0.4, 0.5) is 0 Å². The van der Waals surface area contributed by atoms with Crippen molar-refractivity contribution in [3.63, 3.8) is 0 Å². The number of rotatable bonds is 3. The second-order valence-electron chi connectivity index (χ2n) is 4.32. The van der Waals surface area contributed by atoms with E-state index in [4.69, 9.17) is 9.47 Å². The zero-order chi connectivity index (χ0) is 13.2. The fourth-order valence-electron chi connectivity index (χ4n) is 1.40. The number of carbonyl (C=O) groups excluding carboxylic acids is 1. The van der Waals surface area contributed by atoms with Gasteiger partial charge in [0.25, 0.3) is 0 Å². The molecule has 0 amide bonds. The van der Waals surface area contributed by atoms with Gasteiger partial charge in [0, 0.05) is 0 Å². The number of aliphatic hydroxyl groups excluding tert-OH is 4. The van der Waals surface area contributed by atoms with Gasteiger partial charge < -0.3 is 29.9 Å². The van der Waals surface area contributed by atoms with Gasteiger partial charge in [0.2, 0.25) is 0 Å². The Hall–Kier alpha value is -0.730. The van der Waals surface area contributed by atoms with Crippen LogP contribution in [0, 0.1) is 5.92 Å². The van der Waals surface area contributed by atoms with Gasteiger partial charge in [-0.1, -0.05) is 13.8 Å². The van der Waals surface area contributed by atoms with Crippen molar-refractivity contribution in [2.75, 3.05) is 6.61 Å². The van der Waals surface area contributed by atoms with Gasteiger partial charge in [0.15, 0.2) is 6.29 Å². The molecule has 4 N–H and O–H groups in total. The number of carbonyl (C=O) groups is 1. The van der Waals surface area contributed by atoms with Crippen molar-refractivity contribution in [2.45, 2.75) is 44.6 Å². The average molecular weight is 250 g/mol. The van der Waals surface area contributed by atoms with Gasteiger partial charge in [-0.2, -0.15) is 0 Å². The van der Waals surface area contributed by atoms with E-state index >= 15 is 0 Å². The molecule has 5 unspecified atom stereocenters. The van der Waals surface area contributed by atoms with Crippen LogP contribution >= 0.6 is 0 Å². The molecule has 1 saturated heterocycles. The van der Waals surface area contributed by atoms with Crippen LogP contribution in [0.1, 0.15) is 13.8 Å². The third-order valence-electron chi connectivity index (χ3n) is 2.55. The molecule has 1 fully saturated rings. The quantitative estimate of drug-likeness (QED) is 0.427. The van der Waals surface area contributed by atoms with E-state index in [-0.39, 0.29) is 12.5 Å². The third-order valence-corrected chi connectivity index (χ3v) is 2.55. The molecule has 100 valence electrons. The maximum Gasteiger partial charge on any atom is 0.308 e. The van der Waals surface area contributed by atoms with Gasteiger partial charge in [-0.05, 0) is 0 Å². The number of esters is 1. The molecule has 0 radical (unpaired) electrons. The van der Waals surface area contributed by atoms with Crippen LogP contribution in [-0.2, 0) is 14.3 Å². The molecule has 7 nitrogen and oxygen atoms in total. The first-order chi connectivity index (χ1) is 7.84. The van der Waals surface area contributed by atoms with Crippen LogP contribution in [0.3, 0.4) is 0 Å². The molecular weight excluding hydrogens is 232 g/mol. The van der Waals surface area contributed by atoms with Crippen LogP contribution in [0.15, 0.2) is 0 Å². The SMILES string of the molecule is CC(C)C(=O)OCC1OC(O)C(O)C(O)C1O. The van der Waals surface area contributed by atoms with Gasteiger partial charge in [-0.25, -0.2) is 0 Å². The summed E-state index contributed by atoms with van der Waals surface area (Å²) < 4.78 is 9.65. The minimum atomic E-state index is -1.61. The fourth-order valence-corrected chi connectivity index (χ4v) is 1.40. The number of aliphatic hydroxyl groups is 4. The zero-order valence-electron chi connectivity index (χ0n) is 9.68. The monoisotopic (exact) mass is 250 g/mol. The molecule has 0 aromatic heterocycles. The van der Waals surface area contributed by atoms with Gasteiger partial charge in [0.05, 0.1) is 5.92 Å². The van der Waals surface area contributed by atoms with E-state index in [1.165, 1.54) is 0 Å². The Morgan fingerprint density at radius 2 is 1.76 bits per heavy atom. The van der Waals surface area contributed by atoms with Crippen molar-refractivity contribution in [1.29, 1.82) is 0 Å². The van der Waals surface area contributed by atoms with E-state index in [9.17, 15) is 25.2 Å². The van der Waals surface area contributed by atoms with Crippen molar-refractivity contribution in [3.8, 4) is 0 Å². The molecule has 0 saturated carbocycles. The van der Waals surface area contributed by atoms with E-state index in [0.717, 1.165) is 0 Å². The summed E-state index contributed by atoms with van der Waals surface area (Å²) in [4.78, 5) is 11.2. The molecule has 1 aliphatic heterocycles. The van der Waals surface area contributed by atoms with Crippen LogP contribution < -0.4 is 0 Å². The van der Waals surface area contributed by atoms with Crippen molar-refractivity contribution in [1.82, 2.24) is 0 Å². The molecular formula is C10H18O7. The molecule has 17 heavy (non-hydrogen) atoms. The molecule has 1 rings (SSSR count). The highest BCUT2D eigenvalue weighted by Gasteiger charge is 2.43. The normalized spacial score (nSPS) is 38.2. The Balaban J connectivity index is 2.51. The third kappa shape index (κ3) is 3.36. The highest BCUT2D eigenvalue weighted by molar-refractivity contribution is 5.71. The molecule has 0 aromatic carbocycles. The van der Waals surface area contributed by atoms with Crippen LogP contribution in [0.25, 0.3) is 0 Å². The second-order valence-corrected chi connectivity index (χ2v) is 4.32. The molecule has 0 spiro atoms. The lowest BCUT2D eigenvalue weighted by Crippen LogP contribution is -2.58. The maximum absolute atomic E-state index is 11.2. The largest absolute Gasteiger partial charge is 0.463 e. The van der Waals surface area contributed by atoms with E-state index in [1.54, 1.807) is 13.8 Å². The molecule has 5 atom stereocenters. The van der Waals surface area contributed by atoms with E-state index in [0.29, 0.717) is 0 Å². The molecule has 0 aromatic rings. The number of ether oxygens (including phenoxy) is 2. The van der Waals surface area contributed by atoms with Crippen molar-refractivity contribution in [3.05, 3.63) is 0 Å². The Morgan fingerprint density at radius 3 is 2.29 bits per heavy atom. The lowest BCUT2D eigenvalue weighted by atomic mass is 9.99. The summed E-state index contributed by atoms with van der Waals surface area (Å²) in [5.41, 5.74) is 0. The maximum atomic E-state index is 11.2. The summed E-state index contributed by atoms with van der Waals surface area (Å²) in [6.45, 7) is 3.00. The van der Waals surface area contributed by atoms with E-state index in [2.05, 4.69) is 0 Å². The number of hydrogen-bond acceptors (Lipinski definition) is 7. The summed E-state index contributed by atoms with van der Waals surface area (Å²) >= 11 is 0. The Morgan fingerprint density at radius 1 is 1.18 bits per heavy atom. The Kier molecular flexibility index (Phi) is 4.84. The summed E-state index contributed by atoms with van der Waals surface area (Å²) in [6.07, 6.45) is -7.22. The van der Waals surface area contributed by atoms with Gasteiger partial charge >= 0.3 is 5.97 Å². The lowest BCUT2D eigenvalue weighted by molar-refractivity contribution is -0.287. The standard InChI is InChI=1S/C10H18O7/c1-4(2)9(14)16-3-5-6(11)7(12)8(13)10(15)17-5/h4-8,10-13,15H,3H2,1-2H3. The number of hydrogen-bond donors (Lipinski definition) is 4. The van der Waals surface area contributed by atoms with Gasteiger partial charge in [-0.15, -0.1) is 0 Å². The molecule has 1 aliphatic rings. The molecule has 0 bridgehead atoms. The van der Waals surface area contributed by atoms with Crippen molar-refractivity contribution < 1.29 is 34.7 Å². The highest BCUT2D eigenvalue weighted by Crippen LogP contribution is 2.20. The summed E-state index contributed by atoms with van der Waals surface area (Å²) in [6, 6.07) is 0. The van der Waals surface area contributed by atoms with Gasteiger partial charge in [0.1, 0.15) is 31.0 Å². The van der Waals surface area contributed by atoms with Crippen LogP contribution in [0.5, 0.6) is 0 Å². The fraction of sp³-hybridized carbons (Fsp3) is 0.900. The first-order valence-corrected chi connectivity index (χ1v) is 5.39. The topological polar surface area (TPSA) is 116 Å². The van der Waals surface area contributed by atoms with Crippen LogP contribution in [0.2, 0.25) is 0 Å². The minimum Gasteiger partial charge on any atom is -0.463 e. The Bertz CT molecular complexity index is 267. The predicted molar refractivity (Wildman–Crippen MR) is 54.7 cm³/mol. The second kappa shape index (κ2) is 5.74. The first-order valence-electron chi connectivity index (χ1n) is 5.39. The highest BCUT2D eigenvalue weighted by atomic mass is 16.6. The van der Waals surface area contributed by atoms with E-state index < -0.39 is 36.7 Å². The van der Waals surface area contributed by atoms with Crippen molar-refractivity contribution >= 4 is 5.97 Å². The molecule has 0 aliphatic carbocycles. The average Bonchev–Trinajstić information content (AvgIpc) is 2.28. The van der Waals surface area contributed by atoms with Crippen LogP contribution in [-0.4, -0.2) is 63.7 Å². The first kappa shape index (κ1) is 14.3. The van der Waals surface area contributed by atoms with Crippen molar-refractivity contribution in [2.24, 2.45) is 5.92 Å². The zero-order valence-corrected chi connectivity index (χ0v) is 9.68. The summed E-state index contributed by atoms with van der Waals surface area (Å²) in [5, 5.41) is 37.4. The Labute approximate surface area is 98.6 Å². The predicted octanol–water partition coefficient (Wildman–Crippen LogP) is -2.01. The summed E-state index contributed by atoms with van der Waals surface area (Å²) in [7, 11) is 0. The lowest BCUT2D eigenvalue weighted by Gasteiger charge is -2.37. The smallest absolute Gasteiger partial charge is 0.308 e. The summed E-state index contributed by atoms with van der Waals surface area (Å²) in [5.74, 6) is -0.799. The molecule has 7 heteroatoms. The van der Waals surface area contributed by atoms with Gasteiger partial charge in [-0.3, -0.25) is 4.79 Å².